The predicted octanol–water partition coefficient (Wildman–Crippen LogP) is 0.695. The maximum atomic E-state index is 11.8. The summed E-state index contributed by atoms with van der Waals surface area (Å²) < 4.78 is 36.7. The second-order valence-electron chi connectivity index (χ2n) is 3.62. The number of carboxylic acids is 1. The number of hydrogen-bond donors (Lipinski definition) is 2. The minimum absolute atomic E-state index is 0.0315. The van der Waals surface area contributed by atoms with Gasteiger partial charge in [-0.15, -0.1) is 0 Å². The van der Waals surface area contributed by atoms with Gasteiger partial charge in [-0.05, 0) is 18.2 Å². The van der Waals surface area contributed by atoms with Gasteiger partial charge in [0.1, 0.15) is 0 Å². The summed E-state index contributed by atoms with van der Waals surface area (Å²) in [6, 6.07) is 3.34. The van der Waals surface area contributed by atoms with Crippen molar-refractivity contribution in [3.05, 3.63) is 28.8 Å². The highest BCUT2D eigenvalue weighted by Gasteiger charge is 2.17. The van der Waals surface area contributed by atoms with Crippen LogP contribution in [0.3, 0.4) is 0 Å². The van der Waals surface area contributed by atoms with Crippen LogP contribution >= 0.6 is 11.6 Å². The first-order valence-electron chi connectivity index (χ1n) is 5.06. The molecule has 2 N–H and O–H groups in total. The van der Waals surface area contributed by atoms with Crippen LogP contribution in [-0.4, -0.2) is 42.3 Å². The normalized spacial score (nSPS) is 13.2. The molecule has 0 aliphatic heterocycles. The summed E-state index contributed by atoms with van der Waals surface area (Å²) in [4.78, 5) is 10.6. The minimum atomic E-state index is -3.78. The monoisotopic (exact) mass is 325 g/mol. The lowest BCUT2D eigenvalue weighted by molar-refractivity contribution is 0.0697. The molecule has 0 aliphatic rings. The molecule has 1 rings (SSSR count). The van der Waals surface area contributed by atoms with Gasteiger partial charge < -0.3 is 5.11 Å². The Morgan fingerprint density at radius 2 is 2.11 bits per heavy atom. The first-order chi connectivity index (χ1) is 8.74. The topological polar surface area (TPSA) is 101 Å². The number of carbonyl (C=O) groups is 1. The van der Waals surface area contributed by atoms with Crippen LogP contribution in [0.1, 0.15) is 10.4 Å². The highest BCUT2D eigenvalue weighted by Crippen LogP contribution is 2.20. The summed E-state index contributed by atoms with van der Waals surface area (Å²) in [5.41, 5.74) is -0.171. The third-order valence-corrected chi connectivity index (χ3v) is 4.71. The Morgan fingerprint density at radius 1 is 1.47 bits per heavy atom. The number of hydrogen-bond acceptors (Lipinski definition) is 4. The van der Waals surface area contributed by atoms with Crippen LogP contribution in [0.5, 0.6) is 0 Å². The summed E-state index contributed by atoms with van der Waals surface area (Å²) in [6.07, 6.45) is 1.47. The molecule has 1 atom stereocenters. The average Bonchev–Trinajstić information content (AvgIpc) is 2.27. The van der Waals surface area contributed by atoms with E-state index < -0.39 is 26.8 Å². The Labute approximate surface area is 118 Å². The Hall–Kier alpha value is -0.960. The Morgan fingerprint density at radius 3 is 2.58 bits per heavy atom. The number of aromatic carboxylic acids is 1. The van der Waals surface area contributed by atoms with E-state index in [2.05, 4.69) is 4.72 Å². The molecule has 1 aromatic carbocycles. The van der Waals surface area contributed by atoms with E-state index in [1.54, 1.807) is 0 Å². The number of sulfonamides is 1. The maximum absolute atomic E-state index is 11.8. The van der Waals surface area contributed by atoms with Crippen molar-refractivity contribution in [2.45, 2.75) is 4.90 Å². The molecule has 0 aliphatic carbocycles. The molecule has 9 heteroatoms. The molecule has 106 valence electrons. The Balaban J connectivity index is 2.93. The zero-order valence-electron chi connectivity index (χ0n) is 9.92. The predicted molar refractivity (Wildman–Crippen MR) is 72.5 cm³/mol. The van der Waals surface area contributed by atoms with Gasteiger partial charge in [-0.3, -0.25) is 4.21 Å². The van der Waals surface area contributed by atoms with Crippen LogP contribution in [-0.2, 0) is 20.8 Å². The van der Waals surface area contributed by atoms with Crippen LogP contribution in [0, 0.1) is 0 Å². The van der Waals surface area contributed by atoms with Crippen LogP contribution in [0.25, 0.3) is 0 Å². The number of benzene rings is 1. The van der Waals surface area contributed by atoms with Crippen molar-refractivity contribution in [3.63, 3.8) is 0 Å². The van der Waals surface area contributed by atoms with E-state index in [-0.39, 0.29) is 27.8 Å². The van der Waals surface area contributed by atoms with Gasteiger partial charge in [0, 0.05) is 29.4 Å². The summed E-state index contributed by atoms with van der Waals surface area (Å²) in [5, 5.41) is 8.62. The van der Waals surface area contributed by atoms with E-state index in [4.69, 9.17) is 16.7 Å². The third kappa shape index (κ3) is 4.57. The van der Waals surface area contributed by atoms with Gasteiger partial charge in [0.05, 0.1) is 15.5 Å². The molecule has 0 amide bonds. The van der Waals surface area contributed by atoms with E-state index in [0.717, 1.165) is 18.2 Å². The SMILES string of the molecule is CS(=O)CCNS(=O)(=O)c1ccc(C(=O)O)c(Cl)c1. The summed E-state index contributed by atoms with van der Waals surface area (Å²) >= 11 is 5.69. The first-order valence-corrected chi connectivity index (χ1v) is 8.65. The third-order valence-electron chi connectivity index (χ3n) is 2.16. The van der Waals surface area contributed by atoms with Crippen molar-refractivity contribution in [2.24, 2.45) is 0 Å². The average molecular weight is 326 g/mol. The number of halogens is 1. The lowest BCUT2D eigenvalue weighted by Gasteiger charge is -2.07. The molecule has 6 nitrogen and oxygen atoms in total. The molecule has 0 radical (unpaired) electrons. The first kappa shape index (κ1) is 16.1. The second kappa shape index (κ2) is 6.47. The molecular weight excluding hydrogens is 314 g/mol. The van der Waals surface area contributed by atoms with Gasteiger partial charge in [0.15, 0.2) is 0 Å². The van der Waals surface area contributed by atoms with Crippen LogP contribution in [0.15, 0.2) is 23.1 Å². The smallest absolute Gasteiger partial charge is 0.337 e. The fraction of sp³-hybridized carbons (Fsp3) is 0.300. The van der Waals surface area contributed by atoms with Gasteiger partial charge in [0.25, 0.3) is 0 Å². The fourth-order valence-corrected chi connectivity index (χ4v) is 3.14. The molecule has 0 bridgehead atoms. The van der Waals surface area contributed by atoms with E-state index >= 15 is 0 Å². The highest BCUT2D eigenvalue weighted by molar-refractivity contribution is 7.89. The second-order valence-corrected chi connectivity index (χ2v) is 7.35. The number of rotatable bonds is 6. The zero-order chi connectivity index (χ0) is 14.6. The number of nitrogens with one attached hydrogen (secondary N) is 1. The largest absolute Gasteiger partial charge is 0.478 e. The molecule has 0 heterocycles. The Kier molecular flexibility index (Phi) is 5.48. The molecule has 0 spiro atoms. The van der Waals surface area contributed by atoms with E-state index in [0.29, 0.717) is 0 Å². The van der Waals surface area contributed by atoms with E-state index in [1.807, 2.05) is 0 Å². The Bertz CT molecular complexity index is 614. The van der Waals surface area contributed by atoms with Crippen molar-refractivity contribution in [1.82, 2.24) is 4.72 Å². The van der Waals surface area contributed by atoms with Crippen LogP contribution < -0.4 is 4.72 Å². The fourth-order valence-electron chi connectivity index (χ4n) is 1.24. The number of carboxylic acid groups (broad SMARTS) is 1. The maximum Gasteiger partial charge on any atom is 0.337 e. The van der Waals surface area contributed by atoms with Crippen molar-refractivity contribution in [3.8, 4) is 0 Å². The summed E-state index contributed by atoms with van der Waals surface area (Å²) in [7, 11) is -4.88. The van der Waals surface area contributed by atoms with Gasteiger partial charge in [-0.25, -0.2) is 17.9 Å². The van der Waals surface area contributed by atoms with Gasteiger partial charge in [0.2, 0.25) is 10.0 Å². The summed E-state index contributed by atoms with van der Waals surface area (Å²) in [6.45, 7) is 0.0315. The zero-order valence-corrected chi connectivity index (χ0v) is 12.3. The van der Waals surface area contributed by atoms with Gasteiger partial charge in [-0.2, -0.15) is 0 Å². The minimum Gasteiger partial charge on any atom is -0.478 e. The van der Waals surface area contributed by atoms with Gasteiger partial charge in [-0.1, -0.05) is 11.6 Å². The molecule has 0 saturated carbocycles. The van der Waals surface area contributed by atoms with E-state index in [1.165, 1.54) is 6.26 Å². The molecule has 1 unspecified atom stereocenters. The van der Waals surface area contributed by atoms with Crippen LogP contribution in [0.4, 0.5) is 0 Å². The van der Waals surface area contributed by atoms with Crippen molar-refractivity contribution in [2.75, 3.05) is 18.6 Å². The van der Waals surface area contributed by atoms with Crippen molar-refractivity contribution >= 4 is 38.4 Å². The quantitative estimate of drug-likeness (QED) is 0.801. The van der Waals surface area contributed by atoms with Gasteiger partial charge >= 0.3 is 5.97 Å². The van der Waals surface area contributed by atoms with Crippen molar-refractivity contribution < 1.29 is 22.5 Å². The summed E-state index contributed by atoms with van der Waals surface area (Å²) in [5.74, 6) is -1.04. The van der Waals surface area contributed by atoms with E-state index in [9.17, 15) is 17.4 Å². The standard InChI is InChI=1S/C10H12ClNO5S2/c1-18(15)5-4-12-19(16,17)7-2-3-8(10(13)14)9(11)6-7/h2-3,6,12H,4-5H2,1H3,(H,13,14). The molecule has 0 saturated heterocycles. The molecule has 0 fully saturated rings. The lowest BCUT2D eigenvalue weighted by Crippen LogP contribution is -2.27. The highest BCUT2D eigenvalue weighted by atomic mass is 35.5. The van der Waals surface area contributed by atoms with Crippen molar-refractivity contribution in [1.29, 1.82) is 0 Å². The molecule has 0 aromatic heterocycles. The molecular formula is C10H12ClNO5S2. The molecule has 19 heavy (non-hydrogen) atoms. The molecule has 1 aromatic rings. The van der Waals surface area contributed by atoms with Crippen LogP contribution in [0.2, 0.25) is 5.02 Å². The lowest BCUT2D eigenvalue weighted by atomic mass is 10.2.